The summed E-state index contributed by atoms with van der Waals surface area (Å²) in [5, 5.41) is 22.4. The topological polar surface area (TPSA) is 99.5 Å². The van der Waals surface area contributed by atoms with Gasteiger partial charge in [-0.1, -0.05) is 23.5 Å². The number of phenols is 1. The normalized spacial score (nSPS) is 10.5. The minimum atomic E-state index is -1.13. The van der Waals surface area contributed by atoms with Gasteiger partial charge in [0.15, 0.2) is 5.13 Å². The molecule has 0 atom stereocenters. The van der Waals surface area contributed by atoms with Crippen molar-refractivity contribution in [3.63, 3.8) is 0 Å². The van der Waals surface area contributed by atoms with E-state index < -0.39 is 5.97 Å². The number of aromatic hydroxyl groups is 1. The Bertz CT molecular complexity index is 936. The van der Waals surface area contributed by atoms with Crippen LogP contribution in [0.5, 0.6) is 5.75 Å². The molecule has 0 aliphatic rings. The van der Waals surface area contributed by atoms with Crippen molar-refractivity contribution in [2.75, 3.05) is 5.32 Å². The van der Waals surface area contributed by atoms with Crippen LogP contribution < -0.4 is 10.9 Å². The lowest BCUT2D eigenvalue weighted by molar-refractivity contribution is 0.0696. The number of aromatic nitrogens is 1. The maximum Gasteiger partial charge on any atom is 0.335 e. The first kappa shape index (κ1) is 14.0. The third kappa shape index (κ3) is 2.61. The predicted molar refractivity (Wildman–Crippen MR) is 84.2 cm³/mol. The number of nitrogens with one attached hydrogen (secondary N) is 1. The third-order valence-electron chi connectivity index (χ3n) is 3.01. The van der Waals surface area contributed by atoms with Crippen molar-refractivity contribution in [2.24, 2.45) is 0 Å². The summed E-state index contributed by atoms with van der Waals surface area (Å²) < 4.78 is 0.770. The SMILES string of the molecule is O=C(O)c1ccc(Nc2nc(=O)c3ccccc3s2)c(O)c1. The number of anilines is 2. The number of aromatic carboxylic acids is 1. The molecule has 7 heteroatoms. The molecular formula is C15H10N2O4S. The molecule has 1 heterocycles. The Morgan fingerprint density at radius 1 is 1.18 bits per heavy atom. The molecule has 0 amide bonds. The second kappa shape index (κ2) is 5.45. The molecular weight excluding hydrogens is 304 g/mol. The molecule has 0 saturated carbocycles. The minimum absolute atomic E-state index is 0.0253. The molecule has 0 aliphatic carbocycles. The number of carboxylic acid groups (broad SMARTS) is 1. The number of benzene rings is 2. The van der Waals surface area contributed by atoms with Gasteiger partial charge in [0.1, 0.15) is 5.75 Å². The molecule has 0 saturated heterocycles. The number of hydrogen-bond acceptors (Lipinski definition) is 6. The first-order chi connectivity index (χ1) is 10.5. The lowest BCUT2D eigenvalue weighted by atomic mass is 10.2. The van der Waals surface area contributed by atoms with Gasteiger partial charge in [0, 0.05) is 4.70 Å². The lowest BCUT2D eigenvalue weighted by Gasteiger charge is -2.08. The van der Waals surface area contributed by atoms with E-state index in [1.807, 2.05) is 12.1 Å². The molecule has 0 aliphatic heterocycles. The van der Waals surface area contributed by atoms with E-state index >= 15 is 0 Å². The molecule has 110 valence electrons. The molecule has 2 aromatic carbocycles. The van der Waals surface area contributed by atoms with Crippen molar-refractivity contribution in [1.29, 1.82) is 0 Å². The first-order valence-corrected chi connectivity index (χ1v) is 7.09. The fourth-order valence-corrected chi connectivity index (χ4v) is 2.86. The van der Waals surface area contributed by atoms with Crippen LogP contribution in [0, 0.1) is 0 Å². The molecule has 0 spiro atoms. The van der Waals surface area contributed by atoms with Crippen molar-refractivity contribution in [2.45, 2.75) is 0 Å². The maximum atomic E-state index is 11.9. The lowest BCUT2D eigenvalue weighted by Crippen LogP contribution is -2.07. The number of hydrogen-bond donors (Lipinski definition) is 3. The van der Waals surface area contributed by atoms with Gasteiger partial charge in [-0.15, -0.1) is 0 Å². The van der Waals surface area contributed by atoms with Crippen LogP contribution in [-0.4, -0.2) is 21.2 Å². The van der Waals surface area contributed by atoms with E-state index in [0.717, 1.165) is 10.8 Å². The summed E-state index contributed by atoms with van der Waals surface area (Å²) in [6.45, 7) is 0. The van der Waals surface area contributed by atoms with Crippen LogP contribution in [0.15, 0.2) is 47.3 Å². The molecule has 6 nitrogen and oxygen atoms in total. The van der Waals surface area contributed by atoms with E-state index in [9.17, 15) is 14.7 Å². The number of carboxylic acids is 1. The second-order valence-electron chi connectivity index (χ2n) is 4.48. The molecule has 0 bridgehead atoms. The van der Waals surface area contributed by atoms with Gasteiger partial charge in [0.25, 0.3) is 5.56 Å². The quantitative estimate of drug-likeness (QED) is 0.643. The molecule has 22 heavy (non-hydrogen) atoms. The van der Waals surface area contributed by atoms with Crippen LogP contribution in [0.25, 0.3) is 10.1 Å². The average molecular weight is 314 g/mol. The van der Waals surface area contributed by atoms with Gasteiger partial charge in [0.05, 0.1) is 16.6 Å². The van der Waals surface area contributed by atoms with Crippen LogP contribution in [0.1, 0.15) is 10.4 Å². The van der Waals surface area contributed by atoms with Gasteiger partial charge in [-0.05, 0) is 30.3 Å². The zero-order valence-corrected chi connectivity index (χ0v) is 11.9. The smallest absolute Gasteiger partial charge is 0.335 e. The molecule has 3 N–H and O–H groups in total. The summed E-state index contributed by atoms with van der Waals surface area (Å²) >= 11 is 1.27. The van der Waals surface area contributed by atoms with Gasteiger partial charge in [0.2, 0.25) is 0 Å². The molecule has 1 aromatic heterocycles. The van der Waals surface area contributed by atoms with Gasteiger partial charge in [-0.25, -0.2) is 4.79 Å². The first-order valence-electron chi connectivity index (χ1n) is 6.28. The molecule has 0 radical (unpaired) electrons. The van der Waals surface area contributed by atoms with E-state index in [0.29, 0.717) is 10.5 Å². The van der Waals surface area contributed by atoms with Crippen LogP contribution in [0.2, 0.25) is 0 Å². The highest BCUT2D eigenvalue weighted by atomic mass is 32.1. The standard InChI is InChI=1S/C15H10N2O4S/c18-11-7-8(14(20)21)5-6-10(11)16-15-17-13(19)9-3-1-2-4-12(9)22-15/h1-7,18H,(H,20,21)(H,16,17,19). The largest absolute Gasteiger partial charge is 0.506 e. The summed E-state index contributed by atoms with van der Waals surface area (Å²) in [7, 11) is 0. The zero-order valence-electron chi connectivity index (χ0n) is 11.1. The molecule has 0 fully saturated rings. The summed E-state index contributed by atoms with van der Waals surface area (Å²) in [5.41, 5.74) is -0.107. The summed E-state index contributed by atoms with van der Waals surface area (Å²) in [5.74, 6) is -1.36. The fraction of sp³-hybridized carbons (Fsp3) is 0. The van der Waals surface area contributed by atoms with E-state index in [1.165, 1.54) is 23.5 Å². The highest BCUT2D eigenvalue weighted by Gasteiger charge is 2.10. The Hall–Kier alpha value is -2.93. The van der Waals surface area contributed by atoms with E-state index in [-0.39, 0.29) is 22.6 Å². The van der Waals surface area contributed by atoms with Crippen LogP contribution >= 0.6 is 11.3 Å². The van der Waals surface area contributed by atoms with Crippen LogP contribution in [0.4, 0.5) is 10.8 Å². The number of nitrogens with zero attached hydrogens (tertiary/aromatic N) is 1. The number of phenolic OH excluding ortho intramolecular Hbond substituents is 1. The third-order valence-corrected chi connectivity index (χ3v) is 3.98. The van der Waals surface area contributed by atoms with Gasteiger partial charge in [-0.3, -0.25) is 4.79 Å². The Labute approximate surface area is 128 Å². The van der Waals surface area contributed by atoms with E-state index in [4.69, 9.17) is 5.11 Å². The average Bonchev–Trinajstić information content (AvgIpc) is 2.49. The highest BCUT2D eigenvalue weighted by Crippen LogP contribution is 2.29. The molecule has 3 rings (SSSR count). The van der Waals surface area contributed by atoms with E-state index in [1.54, 1.807) is 12.1 Å². The number of carbonyl (C=O) groups is 1. The Morgan fingerprint density at radius 3 is 2.68 bits per heavy atom. The Balaban J connectivity index is 2.00. The monoisotopic (exact) mass is 314 g/mol. The Morgan fingerprint density at radius 2 is 1.95 bits per heavy atom. The van der Waals surface area contributed by atoms with Crippen LogP contribution in [0.3, 0.4) is 0 Å². The molecule has 0 unspecified atom stereocenters. The number of rotatable bonds is 3. The Kier molecular flexibility index (Phi) is 3.48. The van der Waals surface area contributed by atoms with Crippen molar-refractivity contribution in [3.05, 3.63) is 58.4 Å². The van der Waals surface area contributed by atoms with Gasteiger partial charge >= 0.3 is 5.97 Å². The fourth-order valence-electron chi connectivity index (χ4n) is 1.95. The van der Waals surface area contributed by atoms with E-state index in [2.05, 4.69) is 10.3 Å². The summed E-state index contributed by atoms with van der Waals surface area (Å²) in [4.78, 5) is 26.7. The van der Waals surface area contributed by atoms with Gasteiger partial charge < -0.3 is 15.5 Å². The highest BCUT2D eigenvalue weighted by molar-refractivity contribution is 7.21. The van der Waals surface area contributed by atoms with Crippen molar-refractivity contribution in [1.82, 2.24) is 4.98 Å². The minimum Gasteiger partial charge on any atom is -0.506 e. The molecule has 3 aromatic rings. The summed E-state index contributed by atoms with van der Waals surface area (Å²) in [6.07, 6.45) is 0. The van der Waals surface area contributed by atoms with Gasteiger partial charge in [-0.2, -0.15) is 4.98 Å². The maximum absolute atomic E-state index is 11.9. The van der Waals surface area contributed by atoms with Crippen molar-refractivity contribution >= 4 is 38.2 Å². The van der Waals surface area contributed by atoms with Crippen molar-refractivity contribution in [3.8, 4) is 5.75 Å². The summed E-state index contributed by atoms with van der Waals surface area (Å²) in [6, 6.07) is 11.0. The van der Waals surface area contributed by atoms with Crippen molar-refractivity contribution < 1.29 is 15.0 Å². The van der Waals surface area contributed by atoms with Crippen LogP contribution in [-0.2, 0) is 0 Å². The zero-order chi connectivity index (χ0) is 15.7. The predicted octanol–water partition coefficient (Wildman–Crippen LogP) is 2.80. The second-order valence-corrected chi connectivity index (χ2v) is 5.51. The number of fused-ring (bicyclic) bond motifs is 1.